The molecule has 28 heavy (non-hydrogen) atoms. The first-order valence-electron chi connectivity index (χ1n) is 10.0. The van der Waals surface area contributed by atoms with Gasteiger partial charge in [-0.25, -0.2) is 0 Å². The summed E-state index contributed by atoms with van der Waals surface area (Å²) in [5.41, 5.74) is 1.93. The molecule has 1 aliphatic heterocycles. The smallest absolute Gasteiger partial charge is 0.251 e. The molecule has 0 saturated carbocycles. The number of ether oxygens (including phenoxy) is 2. The van der Waals surface area contributed by atoms with E-state index in [1.807, 2.05) is 36.4 Å². The van der Waals surface area contributed by atoms with Crippen molar-refractivity contribution in [2.75, 3.05) is 33.4 Å². The molecule has 5 heteroatoms. The first-order valence-corrected chi connectivity index (χ1v) is 10.0. The lowest BCUT2D eigenvalue weighted by molar-refractivity contribution is 0.0946. The maximum absolute atomic E-state index is 12.3. The summed E-state index contributed by atoms with van der Waals surface area (Å²) in [4.78, 5) is 14.8. The molecule has 150 valence electrons. The monoisotopic (exact) mass is 382 g/mol. The van der Waals surface area contributed by atoms with Crippen molar-refractivity contribution in [1.29, 1.82) is 0 Å². The Morgan fingerprint density at radius 3 is 2.43 bits per heavy atom. The Morgan fingerprint density at radius 2 is 1.75 bits per heavy atom. The van der Waals surface area contributed by atoms with Crippen molar-refractivity contribution < 1.29 is 14.3 Å². The number of benzene rings is 2. The molecule has 0 spiro atoms. The van der Waals surface area contributed by atoms with Crippen LogP contribution in [-0.4, -0.2) is 44.2 Å². The molecule has 0 atom stereocenters. The molecule has 2 aromatic carbocycles. The van der Waals surface area contributed by atoms with Gasteiger partial charge in [-0.3, -0.25) is 9.69 Å². The van der Waals surface area contributed by atoms with Crippen LogP contribution in [0.4, 0.5) is 0 Å². The third kappa shape index (κ3) is 5.73. The van der Waals surface area contributed by atoms with Gasteiger partial charge in [0.15, 0.2) is 11.5 Å². The summed E-state index contributed by atoms with van der Waals surface area (Å²) >= 11 is 0. The zero-order chi connectivity index (χ0) is 19.8. The van der Waals surface area contributed by atoms with Gasteiger partial charge in [-0.2, -0.15) is 0 Å². The van der Waals surface area contributed by atoms with Crippen molar-refractivity contribution in [1.82, 2.24) is 10.2 Å². The molecule has 5 nitrogen and oxygen atoms in total. The Balaban J connectivity index is 1.42. The number of amides is 1. The van der Waals surface area contributed by atoms with Gasteiger partial charge in [-0.15, -0.1) is 0 Å². The SMILES string of the molecule is COc1ccccc1OCCNC(=O)c1ccc(CN2CCC(C)CC2)cc1. The van der Waals surface area contributed by atoms with E-state index >= 15 is 0 Å². The molecule has 0 aromatic heterocycles. The molecule has 1 fully saturated rings. The average molecular weight is 383 g/mol. The molecule has 1 saturated heterocycles. The van der Waals surface area contributed by atoms with Gasteiger partial charge < -0.3 is 14.8 Å². The van der Waals surface area contributed by atoms with Gasteiger partial charge in [0.1, 0.15) is 6.61 Å². The van der Waals surface area contributed by atoms with Crippen LogP contribution in [0.5, 0.6) is 11.5 Å². The minimum Gasteiger partial charge on any atom is -0.493 e. The van der Waals surface area contributed by atoms with Crippen LogP contribution in [0.15, 0.2) is 48.5 Å². The van der Waals surface area contributed by atoms with Crippen molar-refractivity contribution >= 4 is 5.91 Å². The fourth-order valence-electron chi connectivity index (χ4n) is 3.41. The average Bonchev–Trinajstić information content (AvgIpc) is 2.73. The fraction of sp³-hybridized carbons (Fsp3) is 0.435. The number of carbonyl (C=O) groups is 1. The molecule has 3 rings (SSSR count). The standard InChI is InChI=1S/C23H30N2O3/c1-18-11-14-25(15-12-18)17-19-7-9-20(10-8-19)23(26)24-13-16-28-22-6-4-3-5-21(22)27-2/h3-10,18H,11-17H2,1-2H3,(H,24,26). The topological polar surface area (TPSA) is 50.8 Å². The van der Waals surface area contributed by atoms with Crippen molar-refractivity contribution in [2.45, 2.75) is 26.3 Å². The number of carbonyl (C=O) groups excluding carboxylic acids is 1. The number of methoxy groups -OCH3 is 1. The van der Waals surface area contributed by atoms with Crippen LogP contribution in [0.1, 0.15) is 35.7 Å². The molecule has 2 aromatic rings. The number of likely N-dealkylation sites (tertiary alicyclic amines) is 1. The third-order valence-electron chi connectivity index (χ3n) is 5.21. The lowest BCUT2D eigenvalue weighted by Crippen LogP contribution is -2.32. The van der Waals surface area contributed by atoms with Crippen LogP contribution in [0.2, 0.25) is 0 Å². The van der Waals surface area contributed by atoms with E-state index in [1.54, 1.807) is 7.11 Å². The number of rotatable bonds is 8. The maximum Gasteiger partial charge on any atom is 0.251 e. The Hall–Kier alpha value is -2.53. The summed E-state index contributed by atoms with van der Waals surface area (Å²) in [6, 6.07) is 15.4. The molecule has 0 radical (unpaired) electrons. The molecule has 1 heterocycles. The minimum atomic E-state index is -0.0815. The normalized spacial score (nSPS) is 15.2. The number of nitrogens with zero attached hydrogens (tertiary/aromatic N) is 1. The number of hydrogen-bond acceptors (Lipinski definition) is 4. The quantitative estimate of drug-likeness (QED) is 0.707. The summed E-state index contributed by atoms with van der Waals surface area (Å²) < 4.78 is 10.9. The molecule has 0 aliphatic carbocycles. The van der Waals surface area contributed by atoms with Crippen LogP contribution < -0.4 is 14.8 Å². The highest BCUT2D eigenvalue weighted by molar-refractivity contribution is 5.94. The van der Waals surface area contributed by atoms with Crippen LogP contribution >= 0.6 is 0 Å². The Labute approximate surface area is 167 Å². The van der Waals surface area contributed by atoms with E-state index in [2.05, 4.69) is 29.3 Å². The van der Waals surface area contributed by atoms with Crippen molar-refractivity contribution in [3.05, 3.63) is 59.7 Å². The predicted octanol–water partition coefficient (Wildman–Crippen LogP) is 3.74. The van der Waals surface area contributed by atoms with Crippen molar-refractivity contribution in [3.8, 4) is 11.5 Å². The van der Waals surface area contributed by atoms with Gasteiger partial charge in [0.2, 0.25) is 0 Å². The second-order valence-electron chi connectivity index (χ2n) is 7.41. The molecular formula is C23H30N2O3. The second-order valence-corrected chi connectivity index (χ2v) is 7.41. The van der Waals surface area contributed by atoms with Crippen LogP contribution in [0, 0.1) is 5.92 Å². The highest BCUT2D eigenvalue weighted by Crippen LogP contribution is 2.25. The van der Waals surface area contributed by atoms with Crippen molar-refractivity contribution in [2.24, 2.45) is 5.92 Å². The lowest BCUT2D eigenvalue weighted by atomic mass is 9.99. The summed E-state index contributed by atoms with van der Waals surface area (Å²) in [7, 11) is 1.61. The van der Waals surface area contributed by atoms with Gasteiger partial charge in [0.25, 0.3) is 5.91 Å². The molecule has 0 bridgehead atoms. The van der Waals surface area contributed by atoms with E-state index < -0.39 is 0 Å². The number of hydrogen-bond donors (Lipinski definition) is 1. The minimum absolute atomic E-state index is 0.0815. The summed E-state index contributed by atoms with van der Waals surface area (Å²) in [5, 5.41) is 2.90. The number of piperidine rings is 1. The first kappa shape index (κ1) is 20.2. The van der Waals surface area contributed by atoms with E-state index in [0.29, 0.717) is 30.2 Å². The Kier molecular flexibility index (Phi) is 7.31. The van der Waals surface area contributed by atoms with E-state index in [9.17, 15) is 4.79 Å². The van der Waals surface area contributed by atoms with E-state index in [0.717, 1.165) is 25.6 Å². The number of nitrogens with one attached hydrogen (secondary N) is 1. The Bertz CT molecular complexity index is 753. The lowest BCUT2D eigenvalue weighted by Gasteiger charge is -2.30. The first-order chi connectivity index (χ1) is 13.7. The zero-order valence-corrected chi connectivity index (χ0v) is 16.8. The fourth-order valence-corrected chi connectivity index (χ4v) is 3.41. The summed E-state index contributed by atoms with van der Waals surface area (Å²) in [6.45, 7) is 6.43. The molecule has 1 N–H and O–H groups in total. The molecule has 1 aliphatic rings. The van der Waals surface area contributed by atoms with Gasteiger partial charge in [-0.1, -0.05) is 31.2 Å². The highest BCUT2D eigenvalue weighted by atomic mass is 16.5. The molecular weight excluding hydrogens is 352 g/mol. The van der Waals surface area contributed by atoms with Gasteiger partial charge in [0.05, 0.1) is 13.7 Å². The van der Waals surface area contributed by atoms with Crippen LogP contribution in [0.25, 0.3) is 0 Å². The summed E-state index contributed by atoms with van der Waals surface area (Å²) in [6.07, 6.45) is 2.55. The van der Waals surface area contributed by atoms with E-state index in [1.165, 1.54) is 18.4 Å². The zero-order valence-electron chi connectivity index (χ0n) is 16.8. The third-order valence-corrected chi connectivity index (χ3v) is 5.21. The van der Waals surface area contributed by atoms with Gasteiger partial charge in [0, 0.05) is 12.1 Å². The molecule has 0 unspecified atom stereocenters. The van der Waals surface area contributed by atoms with Crippen molar-refractivity contribution in [3.63, 3.8) is 0 Å². The van der Waals surface area contributed by atoms with E-state index in [4.69, 9.17) is 9.47 Å². The largest absolute Gasteiger partial charge is 0.493 e. The Morgan fingerprint density at radius 1 is 1.07 bits per heavy atom. The maximum atomic E-state index is 12.3. The molecule has 1 amide bonds. The van der Waals surface area contributed by atoms with Crippen LogP contribution in [-0.2, 0) is 6.54 Å². The number of para-hydroxylation sites is 2. The van der Waals surface area contributed by atoms with Gasteiger partial charge >= 0.3 is 0 Å². The summed E-state index contributed by atoms with van der Waals surface area (Å²) in [5.74, 6) is 2.12. The van der Waals surface area contributed by atoms with Gasteiger partial charge in [-0.05, 0) is 61.7 Å². The van der Waals surface area contributed by atoms with Crippen LogP contribution in [0.3, 0.4) is 0 Å². The highest BCUT2D eigenvalue weighted by Gasteiger charge is 2.15. The predicted molar refractivity (Wildman–Crippen MR) is 111 cm³/mol. The second kappa shape index (κ2) is 10.1. The van der Waals surface area contributed by atoms with E-state index in [-0.39, 0.29) is 5.91 Å².